The Hall–Kier alpha value is -3.07. The number of rotatable bonds is 6. The van der Waals surface area contributed by atoms with Gasteiger partial charge in [0, 0.05) is 13.8 Å². The zero-order valence-electron chi connectivity index (χ0n) is 17.2. The third kappa shape index (κ3) is 3.55. The molecule has 4 rings (SSSR count). The van der Waals surface area contributed by atoms with Gasteiger partial charge in [-0.1, -0.05) is 11.3 Å². The van der Waals surface area contributed by atoms with Crippen molar-refractivity contribution in [3.05, 3.63) is 33.7 Å². The standard InChI is InChI=1S/C18H16F3N5O5S2/c1-9(27)24-12-4-3-11(33(30,31)26(10(2)28)18(8-19)5-6-18)7-13(12)25(17(24)29)16-23-22-15(32-16)14(20)21/h3-4,7,14H,5-6,8H2,1-2H3. The number of alkyl halides is 3. The Bertz CT molecular complexity index is 1460. The molecule has 176 valence electrons. The topological polar surface area (TPSA) is 124 Å². The molecule has 15 heteroatoms. The van der Waals surface area contributed by atoms with E-state index in [0.29, 0.717) is 15.6 Å². The van der Waals surface area contributed by atoms with Crippen LogP contribution in [0.1, 0.15) is 42.9 Å². The van der Waals surface area contributed by atoms with Gasteiger partial charge in [0.1, 0.15) is 6.67 Å². The molecule has 1 amide bonds. The normalized spacial score (nSPS) is 15.2. The van der Waals surface area contributed by atoms with Gasteiger partial charge in [0.2, 0.25) is 16.9 Å². The van der Waals surface area contributed by atoms with Crippen LogP contribution in [0.3, 0.4) is 0 Å². The summed E-state index contributed by atoms with van der Waals surface area (Å²) in [5, 5.41) is 5.91. The lowest BCUT2D eigenvalue weighted by Crippen LogP contribution is -2.46. The predicted molar refractivity (Wildman–Crippen MR) is 110 cm³/mol. The van der Waals surface area contributed by atoms with Crippen molar-refractivity contribution in [3.63, 3.8) is 0 Å². The molecule has 2 heterocycles. The summed E-state index contributed by atoms with van der Waals surface area (Å²) in [4.78, 5) is 36.7. The number of carbonyl (C=O) groups is 2. The predicted octanol–water partition coefficient (Wildman–Crippen LogP) is 2.28. The first-order valence-corrected chi connectivity index (χ1v) is 11.7. The highest BCUT2D eigenvalue weighted by Gasteiger charge is 2.55. The summed E-state index contributed by atoms with van der Waals surface area (Å²) in [7, 11) is -4.55. The Labute approximate surface area is 188 Å². The van der Waals surface area contributed by atoms with Gasteiger partial charge in [-0.15, -0.1) is 10.2 Å². The number of halogens is 3. The van der Waals surface area contributed by atoms with Crippen molar-refractivity contribution in [3.8, 4) is 5.13 Å². The lowest BCUT2D eigenvalue weighted by molar-refractivity contribution is -0.126. The molecule has 10 nitrogen and oxygen atoms in total. The van der Waals surface area contributed by atoms with Crippen molar-refractivity contribution in [2.75, 3.05) is 6.67 Å². The molecule has 1 aliphatic rings. The van der Waals surface area contributed by atoms with Crippen LogP contribution >= 0.6 is 11.3 Å². The van der Waals surface area contributed by atoms with E-state index in [1.54, 1.807) is 0 Å². The molecule has 3 aromatic rings. The van der Waals surface area contributed by atoms with Crippen molar-refractivity contribution in [2.45, 2.75) is 43.5 Å². The fourth-order valence-electron chi connectivity index (χ4n) is 3.63. The Morgan fingerprint density at radius 3 is 2.36 bits per heavy atom. The lowest BCUT2D eigenvalue weighted by Gasteiger charge is -2.28. The molecule has 0 bridgehead atoms. The van der Waals surface area contributed by atoms with E-state index in [0.717, 1.165) is 35.1 Å². The van der Waals surface area contributed by atoms with Gasteiger partial charge in [0.25, 0.3) is 16.4 Å². The largest absolute Gasteiger partial charge is 0.342 e. The Morgan fingerprint density at radius 2 is 1.88 bits per heavy atom. The quantitative estimate of drug-likeness (QED) is 0.505. The molecule has 1 aliphatic carbocycles. The highest BCUT2D eigenvalue weighted by molar-refractivity contribution is 7.89. The average molecular weight is 503 g/mol. The van der Waals surface area contributed by atoms with Crippen LogP contribution < -0.4 is 5.69 Å². The van der Waals surface area contributed by atoms with Crippen molar-refractivity contribution in [1.29, 1.82) is 0 Å². The SMILES string of the molecule is CC(=O)N(C1(CF)CC1)S(=O)(=O)c1ccc2c(c1)n(-c1nnc(C(F)F)s1)c(=O)n2C(C)=O. The fraction of sp³-hybridized carbons (Fsp3) is 0.389. The number of fused-ring (bicyclic) bond motifs is 1. The number of hydrogen-bond acceptors (Lipinski definition) is 8. The molecule has 1 saturated carbocycles. The third-order valence-corrected chi connectivity index (χ3v) is 8.16. The summed E-state index contributed by atoms with van der Waals surface area (Å²) in [5.74, 6) is -1.59. The molecule has 0 aliphatic heterocycles. The number of amides is 1. The van der Waals surface area contributed by atoms with Gasteiger partial charge in [-0.05, 0) is 31.0 Å². The number of carbonyl (C=O) groups excluding carboxylic acids is 2. The molecule has 2 aromatic heterocycles. The monoisotopic (exact) mass is 503 g/mol. The van der Waals surface area contributed by atoms with Crippen molar-refractivity contribution in [2.24, 2.45) is 0 Å². The molecule has 1 fully saturated rings. The maximum Gasteiger partial charge on any atom is 0.342 e. The van der Waals surface area contributed by atoms with Crippen LogP contribution in [0.25, 0.3) is 16.2 Å². The highest BCUT2D eigenvalue weighted by Crippen LogP contribution is 2.45. The number of hydrogen-bond donors (Lipinski definition) is 0. The first-order valence-electron chi connectivity index (χ1n) is 9.47. The number of benzene rings is 1. The minimum absolute atomic E-state index is 0.0127. The molecule has 0 unspecified atom stereocenters. The van der Waals surface area contributed by atoms with E-state index >= 15 is 0 Å². The molecule has 0 atom stereocenters. The zero-order valence-corrected chi connectivity index (χ0v) is 18.8. The van der Waals surface area contributed by atoms with Gasteiger partial charge in [0.05, 0.1) is 21.5 Å². The minimum Gasteiger partial charge on any atom is -0.274 e. The van der Waals surface area contributed by atoms with Gasteiger partial charge in [-0.3, -0.25) is 9.59 Å². The average Bonchev–Trinajstić information content (AvgIpc) is 3.22. The van der Waals surface area contributed by atoms with Crippen LogP contribution in [0, 0.1) is 0 Å². The van der Waals surface area contributed by atoms with Crippen molar-refractivity contribution in [1.82, 2.24) is 23.6 Å². The molecule has 1 aromatic carbocycles. The third-order valence-electron chi connectivity index (χ3n) is 5.27. The maximum absolute atomic E-state index is 13.6. The second-order valence-electron chi connectivity index (χ2n) is 7.49. The summed E-state index contributed by atoms with van der Waals surface area (Å²) < 4.78 is 68.2. The number of imidazole rings is 1. The zero-order chi connectivity index (χ0) is 24.3. The van der Waals surface area contributed by atoms with Gasteiger partial charge in [-0.2, -0.15) is 0 Å². The molecule has 0 N–H and O–H groups in total. The van der Waals surface area contributed by atoms with E-state index in [1.165, 1.54) is 6.07 Å². The molecular formula is C18H16F3N5O5S2. The van der Waals surface area contributed by atoms with E-state index in [1.807, 2.05) is 0 Å². The smallest absolute Gasteiger partial charge is 0.274 e. The van der Waals surface area contributed by atoms with Crippen LogP contribution in [0.5, 0.6) is 0 Å². The first kappa shape index (κ1) is 23.1. The van der Waals surface area contributed by atoms with Crippen LogP contribution in [-0.4, -0.2) is 56.1 Å². The second-order valence-corrected chi connectivity index (χ2v) is 10.3. The maximum atomic E-state index is 13.6. The van der Waals surface area contributed by atoms with Gasteiger partial charge in [0.15, 0.2) is 5.01 Å². The Morgan fingerprint density at radius 1 is 1.21 bits per heavy atom. The van der Waals surface area contributed by atoms with E-state index in [2.05, 4.69) is 10.2 Å². The first-order chi connectivity index (χ1) is 15.4. The summed E-state index contributed by atoms with van der Waals surface area (Å²) in [5.41, 5.74) is -2.58. The van der Waals surface area contributed by atoms with Crippen molar-refractivity contribution < 1.29 is 31.2 Å². The summed E-state index contributed by atoms with van der Waals surface area (Å²) in [6.45, 7) is 1.04. The fourth-order valence-corrected chi connectivity index (χ4v) is 6.13. The van der Waals surface area contributed by atoms with Crippen LogP contribution in [0.4, 0.5) is 13.2 Å². The van der Waals surface area contributed by atoms with Crippen LogP contribution in [-0.2, 0) is 14.8 Å². The van der Waals surface area contributed by atoms with E-state index < -0.39 is 56.1 Å². The van der Waals surface area contributed by atoms with Gasteiger partial charge >= 0.3 is 5.69 Å². The minimum atomic E-state index is -4.55. The highest BCUT2D eigenvalue weighted by atomic mass is 32.2. The Balaban J connectivity index is 1.97. The van der Waals surface area contributed by atoms with Crippen LogP contribution in [0.15, 0.2) is 27.9 Å². The molecular weight excluding hydrogens is 487 g/mol. The van der Waals surface area contributed by atoms with Gasteiger partial charge < -0.3 is 0 Å². The van der Waals surface area contributed by atoms with E-state index in [-0.39, 0.29) is 29.0 Å². The number of aromatic nitrogens is 4. The second kappa shape index (κ2) is 7.76. The van der Waals surface area contributed by atoms with E-state index in [9.17, 15) is 36.0 Å². The Kier molecular flexibility index (Phi) is 5.43. The van der Waals surface area contributed by atoms with Crippen molar-refractivity contribution >= 4 is 44.2 Å². The summed E-state index contributed by atoms with van der Waals surface area (Å²) in [6.07, 6.45) is -2.63. The number of sulfonamides is 1. The molecule has 0 spiro atoms. The van der Waals surface area contributed by atoms with E-state index in [4.69, 9.17) is 0 Å². The molecule has 0 radical (unpaired) electrons. The van der Waals surface area contributed by atoms with Crippen LogP contribution in [0.2, 0.25) is 0 Å². The lowest BCUT2D eigenvalue weighted by atomic mass is 10.3. The summed E-state index contributed by atoms with van der Waals surface area (Å²) >= 11 is 0.393. The molecule has 33 heavy (non-hydrogen) atoms. The number of nitrogens with zero attached hydrogens (tertiary/aromatic N) is 5. The summed E-state index contributed by atoms with van der Waals surface area (Å²) in [6, 6.07) is 3.26. The van der Waals surface area contributed by atoms with Gasteiger partial charge in [-0.25, -0.2) is 39.8 Å². The molecule has 0 saturated heterocycles.